The summed E-state index contributed by atoms with van der Waals surface area (Å²) in [4.78, 5) is 16.0. The maximum absolute atomic E-state index is 11.7. The Morgan fingerprint density at radius 3 is 2.48 bits per heavy atom. The van der Waals surface area contributed by atoms with Crippen molar-refractivity contribution in [2.75, 3.05) is 36.0 Å². The second-order valence-corrected chi connectivity index (χ2v) is 6.75. The number of rotatable bonds is 3. The smallest absolute Gasteiger partial charge is 0.285 e. The zero-order valence-electron chi connectivity index (χ0n) is 14.7. The zero-order chi connectivity index (χ0) is 18.6. The fourth-order valence-corrected chi connectivity index (χ4v) is 3.45. The van der Waals surface area contributed by atoms with Crippen molar-refractivity contribution in [3.8, 4) is 11.3 Å². The third kappa shape index (κ3) is 3.78. The molecule has 1 fully saturated rings. The fraction of sp³-hybridized carbons (Fsp3) is 0.263. The Morgan fingerprint density at radius 1 is 0.926 bits per heavy atom. The third-order valence-corrected chi connectivity index (χ3v) is 5.02. The zero-order valence-corrected chi connectivity index (χ0v) is 15.4. The summed E-state index contributed by atoms with van der Waals surface area (Å²) in [6, 6.07) is 14.0. The highest BCUT2D eigenvalue weighted by Crippen LogP contribution is 2.23. The van der Waals surface area contributed by atoms with E-state index in [1.54, 1.807) is 6.20 Å². The summed E-state index contributed by atoms with van der Waals surface area (Å²) in [6.07, 6.45) is 2.53. The molecule has 4 rings (SSSR count). The van der Waals surface area contributed by atoms with Gasteiger partial charge in [0.05, 0.1) is 17.6 Å². The molecule has 138 valence electrons. The Balaban J connectivity index is 1.48. The molecule has 0 bridgehead atoms. The summed E-state index contributed by atoms with van der Waals surface area (Å²) in [5.74, 6) is 0.853. The largest absolute Gasteiger partial charge is 0.367 e. The Labute approximate surface area is 161 Å². The van der Waals surface area contributed by atoms with Crippen molar-refractivity contribution in [1.82, 2.24) is 20.4 Å². The summed E-state index contributed by atoms with van der Waals surface area (Å²) in [6.45, 7) is 3.16. The van der Waals surface area contributed by atoms with Crippen LogP contribution in [0.5, 0.6) is 0 Å². The van der Waals surface area contributed by atoms with E-state index in [1.807, 2.05) is 42.5 Å². The molecule has 1 saturated heterocycles. The molecule has 1 aliphatic heterocycles. The van der Waals surface area contributed by atoms with Crippen LogP contribution in [-0.4, -0.2) is 46.6 Å². The van der Waals surface area contributed by atoms with Crippen LogP contribution in [0.25, 0.3) is 11.3 Å². The minimum Gasteiger partial charge on any atom is -0.367 e. The number of anilines is 2. The van der Waals surface area contributed by atoms with Crippen molar-refractivity contribution in [2.24, 2.45) is 0 Å². The molecular formula is C19H19ClN6O. The van der Waals surface area contributed by atoms with Crippen LogP contribution in [0.2, 0.25) is 5.02 Å². The normalized spacial score (nSPS) is 14.9. The molecule has 1 aromatic carbocycles. The number of aromatic nitrogens is 4. The van der Waals surface area contributed by atoms with Gasteiger partial charge >= 0.3 is 0 Å². The first-order valence-corrected chi connectivity index (χ1v) is 9.22. The van der Waals surface area contributed by atoms with Crippen LogP contribution in [0.1, 0.15) is 6.42 Å². The molecule has 7 nitrogen and oxygen atoms in total. The topological polar surface area (TPSA) is 78.0 Å². The van der Waals surface area contributed by atoms with Crippen molar-refractivity contribution >= 4 is 23.1 Å². The highest BCUT2D eigenvalue weighted by Gasteiger charge is 2.19. The average Bonchev–Trinajstić information content (AvgIpc) is 2.97. The number of aromatic amines is 1. The van der Waals surface area contributed by atoms with E-state index in [2.05, 4.69) is 30.2 Å². The molecule has 2 aromatic heterocycles. The van der Waals surface area contributed by atoms with Gasteiger partial charge in [-0.25, -0.2) is 5.10 Å². The molecule has 0 unspecified atom stereocenters. The molecule has 0 aliphatic carbocycles. The molecular weight excluding hydrogens is 364 g/mol. The first-order chi connectivity index (χ1) is 13.2. The number of nitrogens with one attached hydrogen (secondary N) is 1. The van der Waals surface area contributed by atoms with Gasteiger partial charge in [-0.2, -0.15) is 5.10 Å². The summed E-state index contributed by atoms with van der Waals surface area (Å²) >= 11 is 6.15. The minimum absolute atomic E-state index is 0.186. The minimum atomic E-state index is -0.363. The first-order valence-electron chi connectivity index (χ1n) is 8.84. The number of hydrogen-bond donors (Lipinski definition) is 1. The van der Waals surface area contributed by atoms with E-state index < -0.39 is 0 Å². The lowest BCUT2D eigenvalue weighted by molar-refractivity contribution is 0.786. The van der Waals surface area contributed by atoms with Gasteiger partial charge in [0.2, 0.25) is 0 Å². The van der Waals surface area contributed by atoms with E-state index in [0.717, 1.165) is 49.7 Å². The van der Waals surface area contributed by atoms with E-state index in [4.69, 9.17) is 11.6 Å². The third-order valence-electron chi connectivity index (χ3n) is 4.66. The van der Waals surface area contributed by atoms with Gasteiger partial charge in [-0.15, -0.1) is 10.2 Å². The summed E-state index contributed by atoms with van der Waals surface area (Å²) < 4.78 is 0. The van der Waals surface area contributed by atoms with Crippen molar-refractivity contribution in [2.45, 2.75) is 6.42 Å². The Kier molecular flexibility index (Phi) is 5.02. The van der Waals surface area contributed by atoms with Crippen LogP contribution in [0.4, 0.5) is 11.5 Å². The monoisotopic (exact) mass is 382 g/mol. The molecule has 0 radical (unpaired) electrons. The SMILES string of the molecule is O=c1[nH]ncc(N2CCCN(c3ccc(-c4ccccc4)nn3)CC2)c1Cl. The number of nitrogens with zero attached hydrogens (tertiary/aromatic N) is 5. The molecule has 0 atom stereocenters. The molecule has 27 heavy (non-hydrogen) atoms. The average molecular weight is 383 g/mol. The van der Waals surface area contributed by atoms with E-state index in [0.29, 0.717) is 5.69 Å². The quantitative estimate of drug-likeness (QED) is 0.750. The lowest BCUT2D eigenvalue weighted by Crippen LogP contribution is -2.32. The Hall–Kier alpha value is -2.93. The van der Waals surface area contributed by atoms with Crippen molar-refractivity contribution < 1.29 is 0 Å². The number of benzene rings is 1. The number of H-pyrrole nitrogens is 1. The van der Waals surface area contributed by atoms with Crippen LogP contribution in [0.3, 0.4) is 0 Å². The standard InChI is InChI=1S/C19H19ClN6O/c20-18-16(13-21-24-19(18)27)25-9-4-10-26(12-11-25)17-8-7-15(22-23-17)14-5-2-1-3-6-14/h1-3,5-8,13H,4,9-12H2,(H,24,27). The van der Waals surface area contributed by atoms with E-state index >= 15 is 0 Å². The van der Waals surface area contributed by atoms with Crippen LogP contribution in [0.15, 0.2) is 53.5 Å². The van der Waals surface area contributed by atoms with Gasteiger partial charge in [0, 0.05) is 31.7 Å². The van der Waals surface area contributed by atoms with Gasteiger partial charge in [0.15, 0.2) is 5.82 Å². The highest BCUT2D eigenvalue weighted by atomic mass is 35.5. The molecule has 1 aliphatic rings. The van der Waals surface area contributed by atoms with Crippen LogP contribution in [0, 0.1) is 0 Å². The van der Waals surface area contributed by atoms with Gasteiger partial charge in [0.1, 0.15) is 5.02 Å². The maximum Gasteiger partial charge on any atom is 0.285 e. The Bertz CT molecular complexity index is 960. The molecule has 0 spiro atoms. The lowest BCUT2D eigenvalue weighted by Gasteiger charge is -2.24. The summed E-state index contributed by atoms with van der Waals surface area (Å²) in [5, 5.41) is 15.2. The van der Waals surface area contributed by atoms with Gasteiger partial charge < -0.3 is 9.80 Å². The van der Waals surface area contributed by atoms with Crippen LogP contribution < -0.4 is 15.4 Å². The van der Waals surface area contributed by atoms with Crippen LogP contribution in [-0.2, 0) is 0 Å². The fourth-order valence-electron chi connectivity index (χ4n) is 3.24. The number of halogens is 1. The second kappa shape index (κ2) is 7.75. The van der Waals surface area contributed by atoms with Gasteiger partial charge in [-0.1, -0.05) is 41.9 Å². The van der Waals surface area contributed by atoms with Gasteiger partial charge in [-0.05, 0) is 18.6 Å². The second-order valence-electron chi connectivity index (χ2n) is 6.37. The molecule has 0 saturated carbocycles. The highest BCUT2D eigenvalue weighted by molar-refractivity contribution is 6.33. The van der Waals surface area contributed by atoms with Crippen LogP contribution >= 0.6 is 11.6 Å². The predicted octanol–water partition coefficient (Wildman–Crippen LogP) is 2.60. The molecule has 1 N–H and O–H groups in total. The molecule has 8 heteroatoms. The van der Waals surface area contributed by atoms with E-state index in [1.165, 1.54) is 0 Å². The predicted molar refractivity (Wildman–Crippen MR) is 106 cm³/mol. The summed E-state index contributed by atoms with van der Waals surface area (Å²) in [5.41, 5.74) is 2.22. The lowest BCUT2D eigenvalue weighted by atomic mass is 10.1. The van der Waals surface area contributed by atoms with Gasteiger partial charge in [0.25, 0.3) is 5.56 Å². The van der Waals surface area contributed by atoms with Crippen molar-refractivity contribution in [3.05, 3.63) is 64.0 Å². The first kappa shape index (κ1) is 17.5. The molecule has 3 aromatic rings. The molecule has 3 heterocycles. The van der Waals surface area contributed by atoms with E-state index in [-0.39, 0.29) is 10.6 Å². The van der Waals surface area contributed by atoms with Gasteiger partial charge in [-0.3, -0.25) is 4.79 Å². The molecule has 0 amide bonds. The van der Waals surface area contributed by atoms with E-state index in [9.17, 15) is 4.79 Å². The Morgan fingerprint density at radius 2 is 1.70 bits per heavy atom. The van der Waals surface area contributed by atoms with Crippen molar-refractivity contribution in [1.29, 1.82) is 0 Å². The summed E-state index contributed by atoms with van der Waals surface area (Å²) in [7, 11) is 0. The van der Waals surface area contributed by atoms with Crippen molar-refractivity contribution in [3.63, 3.8) is 0 Å². The maximum atomic E-state index is 11.7. The number of hydrogen-bond acceptors (Lipinski definition) is 6.